The van der Waals surface area contributed by atoms with Crippen LogP contribution in [0.15, 0.2) is 54.6 Å². The van der Waals surface area contributed by atoms with Gasteiger partial charge in [0.2, 0.25) is 5.91 Å². The van der Waals surface area contributed by atoms with Crippen LogP contribution in [0.4, 0.5) is 0 Å². The number of ketones is 1. The van der Waals surface area contributed by atoms with Gasteiger partial charge in [0.15, 0.2) is 5.78 Å². The zero-order valence-corrected chi connectivity index (χ0v) is 13.1. The third-order valence-corrected chi connectivity index (χ3v) is 3.44. The van der Waals surface area contributed by atoms with Gasteiger partial charge in [0, 0.05) is 25.2 Å². The van der Waals surface area contributed by atoms with E-state index in [2.05, 4.69) is 5.32 Å². The second kappa shape index (κ2) is 7.35. The summed E-state index contributed by atoms with van der Waals surface area (Å²) >= 11 is 0. The van der Waals surface area contributed by atoms with Crippen molar-refractivity contribution in [2.75, 3.05) is 20.6 Å². The quantitative estimate of drug-likeness (QED) is 0.855. The van der Waals surface area contributed by atoms with Crippen LogP contribution < -0.4 is 5.32 Å². The number of likely N-dealkylation sites (N-methyl/N-ethyl adjacent to an activating group) is 2. The van der Waals surface area contributed by atoms with E-state index >= 15 is 0 Å². The Bertz CT molecular complexity index is 726. The van der Waals surface area contributed by atoms with Crippen molar-refractivity contribution < 1.29 is 14.4 Å². The molecule has 23 heavy (non-hydrogen) atoms. The molecule has 0 spiro atoms. The maximum absolute atomic E-state index is 12.6. The predicted molar refractivity (Wildman–Crippen MR) is 87.3 cm³/mol. The monoisotopic (exact) mass is 310 g/mol. The lowest BCUT2D eigenvalue weighted by Gasteiger charge is -2.17. The van der Waals surface area contributed by atoms with Crippen molar-refractivity contribution in [3.8, 4) is 0 Å². The largest absolute Gasteiger partial charge is 0.358 e. The van der Waals surface area contributed by atoms with Gasteiger partial charge >= 0.3 is 0 Å². The summed E-state index contributed by atoms with van der Waals surface area (Å²) in [5.74, 6) is -0.857. The van der Waals surface area contributed by atoms with E-state index in [1.165, 1.54) is 19.0 Å². The summed E-state index contributed by atoms with van der Waals surface area (Å²) in [6, 6.07) is 15.4. The zero-order valence-electron chi connectivity index (χ0n) is 13.1. The number of amides is 2. The topological polar surface area (TPSA) is 66.5 Å². The summed E-state index contributed by atoms with van der Waals surface area (Å²) in [7, 11) is 3.04. The molecule has 2 aromatic carbocycles. The van der Waals surface area contributed by atoms with E-state index in [0.29, 0.717) is 11.1 Å². The molecule has 1 N–H and O–H groups in total. The summed E-state index contributed by atoms with van der Waals surface area (Å²) in [6.45, 7) is -0.0663. The van der Waals surface area contributed by atoms with E-state index in [0.717, 1.165) is 0 Å². The molecule has 0 aliphatic rings. The van der Waals surface area contributed by atoms with Crippen LogP contribution >= 0.6 is 0 Å². The molecular weight excluding hydrogens is 292 g/mol. The molecule has 0 radical (unpaired) electrons. The smallest absolute Gasteiger partial charge is 0.254 e. The van der Waals surface area contributed by atoms with Crippen LogP contribution in [0.2, 0.25) is 0 Å². The highest BCUT2D eigenvalue weighted by molar-refractivity contribution is 6.15. The summed E-state index contributed by atoms with van der Waals surface area (Å²) in [4.78, 5) is 37.9. The van der Waals surface area contributed by atoms with Gasteiger partial charge < -0.3 is 10.2 Å². The van der Waals surface area contributed by atoms with Gasteiger partial charge in [-0.3, -0.25) is 14.4 Å². The highest BCUT2D eigenvalue weighted by Gasteiger charge is 2.21. The lowest BCUT2D eigenvalue weighted by Crippen LogP contribution is -2.37. The molecule has 0 bridgehead atoms. The fraction of sp³-hybridized carbons (Fsp3) is 0.167. The Labute approximate surface area is 134 Å². The number of hydrogen-bond donors (Lipinski definition) is 1. The average molecular weight is 310 g/mol. The molecule has 2 rings (SSSR count). The normalized spacial score (nSPS) is 10.0. The molecule has 2 aromatic rings. The van der Waals surface area contributed by atoms with Gasteiger partial charge in [-0.15, -0.1) is 0 Å². The van der Waals surface area contributed by atoms with Gasteiger partial charge in [0.05, 0.1) is 12.1 Å². The summed E-state index contributed by atoms with van der Waals surface area (Å²) in [5.41, 5.74) is 1.13. The number of nitrogens with one attached hydrogen (secondary N) is 1. The highest BCUT2D eigenvalue weighted by Crippen LogP contribution is 2.16. The molecule has 118 valence electrons. The van der Waals surface area contributed by atoms with Crippen LogP contribution in [0.25, 0.3) is 0 Å². The van der Waals surface area contributed by atoms with E-state index in [4.69, 9.17) is 0 Å². The van der Waals surface area contributed by atoms with Crippen LogP contribution in [0.5, 0.6) is 0 Å². The molecule has 0 fully saturated rings. The summed E-state index contributed by atoms with van der Waals surface area (Å²) in [5, 5.41) is 2.47. The number of carbonyl (C=O) groups excluding carboxylic acids is 3. The molecule has 0 aliphatic carbocycles. The first-order valence-corrected chi connectivity index (χ1v) is 7.19. The lowest BCUT2D eigenvalue weighted by atomic mass is 9.97. The maximum Gasteiger partial charge on any atom is 0.254 e. The molecule has 0 saturated carbocycles. The van der Waals surface area contributed by atoms with Gasteiger partial charge in [0.1, 0.15) is 0 Å². The molecule has 0 unspecified atom stereocenters. The highest BCUT2D eigenvalue weighted by atomic mass is 16.2. The molecule has 0 aliphatic heterocycles. The van der Waals surface area contributed by atoms with E-state index in [1.54, 1.807) is 48.5 Å². The predicted octanol–water partition coefficient (Wildman–Crippen LogP) is 1.74. The Balaban J connectivity index is 2.32. The van der Waals surface area contributed by atoms with Gasteiger partial charge in [0.25, 0.3) is 5.91 Å². The van der Waals surface area contributed by atoms with Gasteiger partial charge in [-0.1, -0.05) is 48.5 Å². The molecule has 0 atom stereocenters. The third-order valence-electron chi connectivity index (χ3n) is 3.44. The summed E-state index contributed by atoms with van der Waals surface area (Å²) < 4.78 is 0. The first kappa shape index (κ1) is 16.4. The minimum Gasteiger partial charge on any atom is -0.358 e. The Morgan fingerprint density at radius 2 is 1.48 bits per heavy atom. The van der Waals surface area contributed by atoms with Gasteiger partial charge in [-0.05, 0) is 6.07 Å². The van der Waals surface area contributed by atoms with Crippen molar-refractivity contribution in [2.24, 2.45) is 0 Å². The summed E-state index contributed by atoms with van der Waals surface area (Å²) in [6.07, 6.45) is 0. The minimum atomic E-state index is -0.367. The van der Waals surface area contributed by atoms with Crippen molar-refractivity contribution in [2.45, 2.75) is 0 Å². The molecule has 5 nitrogen and oxygen atoms in total. The molecular formula is C18H18N2O3. The van der Waals surface area contributed by atoms with Crippen molar-refractivity contribution in [1.29, 1.82) is 0 Å². The van der Waals surface area contributed by atoms with Crippen molar-refractivity contribution in [3.05, 3.63) is 71.3 Å². The first-order valence-electron chi connectivity index (χ1n) is 7.19. The minimum absolute atomic E-state index is 0.0663. The second-order valence-corrected chi connectivity index (χ2v) is 5.08. The van der Waals surface area contributed by atoms with Gasteiger partial charge in [-0.25, -0.2) is 0 Å². The fourth-order valence-corrected chi connectivity index (χ4v) is 2.18. The Morgan fingerprint density at radius 1 is 0.913 bits per heavy atom. The number of carbonyl (C=O) groups is 3. The Kier molecular flexibility index (Phi) is 5.25. The van der Waals surface area contributed by atoms with Crippen LogP contribution in [0.3, 0.4) is 0 Å². The van der Waals surface area contributed by atoms with E-state index < -0.39 is 0 Å². The van der Waals surface area contributed by atoms with Crippen LogP contribution in [0, 0.1) is 0 Å². The van der Waals surface area contributed by atoms with Crippen LogP contribution in [-0.2, 0) is 4.79 Å². The number of benzene rings is 2. The van der Waals surface area contributed by atoms with E-state index in [9.17, 15) is 14.4 Å². The standard InChI is InChI=1S/C18H18N2O3/c1-19-16(21)12-20(2)18(23)15-11-7-6-10-14(15)17(22)13-8-4-3-5-9-13/h3-11H,12H2,1-2H3,(H,19,21). The zero-order chi connectivity index (χ0) is 16.8. The maximum atomic E-state index is 12.6. The van der Waals surface area contributed by atoms with Crippen molar-refractivity contribution in [1.82, 2.24) is 10.2 Å². The molecule has 0 aromatic heterocycles. The van der Waals surface area contributed by atoms with Crippen molar-refractivity contribution in [3.63, 3.8) is 0 Å². The van der Waals surface area contributed by atoms with Gasteiger partial charge in [-0.2, -0.15) is 0 Å². The van der Waals surface area contributed by atoms with E-state index in [-0.39, 0.29) is 29.7 Å². The second-order valence-electron chi connectivity index (χ2n) is 5.08. The number of hydrogen-bond acceptors (Lipinski definition) is 3. The third kappa shape index (κ3) is 3.83. The Hall–Kier alpha value is -2.95. The van der Waals surface area contributed by atoms with Crippen LogP contribution in [-0.4, -0.2) is 43.1 Å². The average Bonchev–Trinajstić information content (AvgIpc) is 2.61. The van der Waals surface area contributed by atoms with E-state index in [1.807, 2.05) is 6.07 Å². The molecule has 0 heterocycles. The van der Waals surface area contributed by atoms with Crippen molar-refractivity contribution >= 4 is 17.6 Å². The molecule has 0 saturated heterocycles. The fourth-order valence-electron chi connectivity index (χ4n) is 2.18. The SMILES string of the molecule is CNC(=O)CN(C)C(=O)c1ccccc1C(=O)c1ccccc1. The Morgan fingerprint density at radius 3 is 2.09 bits per heavy atom. The first-order chi connectivity index (χ1) is 11.0. The van der Waals surface area contributed by atoms with Crippen LogP contribution in [0.1, 0.15) is 26.3 Å². The molecule has 2 amide bonds. The molecule has 5 heteroatoms. The number of nitrogens with zero attached hydrogens (tertiary/aromatic N) is 1. The number of rotatable bonds is 5. The lowest BCUT2D eigenvalue weighted by molar-refractivity contribution is -0.121.